The number of hydrogen-bond donors (Lipinski definition) is 0. The molecule has 0 aromatic carbocycles. The van der Waals surface area contributed by atoms with Crippen LogP contribution in [-0.2, 0) is 23.8 Å². The van der Waals surface area contributed by atoms with E-state index in [-0.39, 0.29) is 5.95 Å². The molecular weight excluding hydrogens is 212 g/mol. The van der Waals surface area contributed by atoms with E-state index >= 15 is 0 Å². The summed E-state index contributed by atoms with van der Waals surface area (Å²) in [6.45, 7) is 8.91. The van der Waals surface area contributed by atoms with E-state index < -0.39 is 23.6 Å². The fraction of sp³-hybridized carbons (Fsp3) is 0.636. The van der Waals surface area contributed by atoms with Crippen molar-refractivity contribution in [1.82, 2.24) is 0 Å². The molecule has 90 valence electrons. The SMILES string of the molecule is C=C1OC(=O)C(OC(C)(CC)CC)C(=O)O1. The van der Waals surface area contributed by atoms with Crippen LogP contribution in [0.2, 0.25) is 0 Å². The summed E-state index contributed by atoms with van der Waals surface area (Å²) in [6.07, 6.45) is 0.0543. The Morgan fingerprint density at radius 2 is 1.69 bits per heavy atom. The second kappa shape index (κ2) is 4.65. The predicted octanol–water partition coefficient (Wildman–Crippen LogP) is 1.52. The Morgan fingerprint density at radius 3 is 2.06 bits per heavy atom. The minimum absolute atomic E-state index is 0.301. The van der Waals surface area contributed by atoms with Crippen LogP contribution in [0, 0.1) is 0 Å². The molecule has 5 heteroatoms. The molecule has 0 unspecified atom stereocenters. The van der Waals surface area contributed by atoms with Crippen LogP contribution < -0.4 is 0 Å². The van der Waals surface area contributed by atoms with Gasteiger partial charge in [-0.15, -0.1) is 0 Å². The summed E-state index contributed by atoms with van der Waals surface area (Å²) >= 11 is 0. The molecule has 1 aliphatic rings. The number of rotatable bonds is 4. The van der Waals surface area contributed by atoms with Crippen molar-refractivity contribution in [3.63, 3.8) is 0 Å². The predicted molar refractivity (Wildman–Crippen MR) is 55.2 cm³/mol. The lowest BCUT2D eigenvalue weighted by Crippen LogP contribution is -2.46. The highest BCUT2D eigenvalue weighted by Gasteiger charge is 2.41. The maximum absolute atomic E-state index is 11.4. The van der Waals surface area contributed by atoms with Crippen molar-refractivity contribution in [3.8, 4) is 0 Å². The van der Waals surface area contributed by atoms with Crippen molar-refractivity contribution in [2.24, 2.45) is 0 Å². The fourth-order valence-corrected chi connectivity index (χ4v) is 1.25. The molecule has 5 nitrogen and oxygen atoms in total. The first-order valence-electron chi connectivity index (χ1n) is 5.22. The van der Waals surface area contributed by atoms with Gasteiger partial charge in [-0.05, 0) is 26.3 Å². The Bertz CT molecular complexity index is 296. The van der Waals surface area contributed by atoms with Crippen molar-refractivity contribution < 1.29 is 23.8 Å². The van der Waals surface area contributed by atoms with Crippen molar-refractivity contribution >= 4 is 11.9 Å². The first-order valence-corrected chi connectivity index (χ1v) is 5.22. The van der Waals surface area contributed by atoms with E-state index in [0.29, 0.717) is 12.8 Å². The Morgan fingerprint density at radius 1 is 1.25 bits per heavy atom. The Balaban J connectivity index is 2.76. The third kappa shape index (κ3) is 2.61. The molecule has 1 heterocycles. The van der Waals surface area contributed by atoms with Crippen molar-refractivity contribution in [2.45, 2.75) is 45.3 Å². The lowest BCUT2D eigenvalue weighted by atomic mass is 10.00. The van der Waals surface area contributed by atoms with Crippen LogP contribution in [0.3, 0.4) is 0 Å². The van der Waals surface area contributed by atoms with Crippen LogP contribution in [0.4, 0.5) is 0 Å². The smallest absolute Gasteiger partial charge is 0.354 e. The molecule has 1 saturated heterocycles. The van der Waals surface area contributed by atoms with Gasteiger partial charge in [0.2, 0.25) is 0 Å². The average molecular weight is 228 g/mol. The van der Waals surface area contributed by atoms with E-state index in [1.165, 1.54) is 0 Å². The average Bonchev–Trinajstić information content (AvgIpc) is 2.23. The van der Waals surface area contributed by atoms with Crippen LogP contribution in [0.15, 0.2) is 12.5 Å². The summed E-state index contributed by atoms with van der Waals surface area (Å²) in [5, 5.41) is 0. The quantitative estimate of drug-likeness (QED) is 0.539. The van der Waals surface area contributed by atoms with Gasteiger partial charge in [0.05, 0.1) is 5.60 Å². The normalized spacial score (nSPS) is 18.3. The van der Waals surface area contributed by atoms with Gasteiger partial charge >= 0.3 is 11.9 Å². The number of carbonyl (C=O) groups excluding carboxylic acids is 2. The van der Waals surface area contributed by atoms with Gasteiger partial charge in [0.25, 0.3) is 12.0 Å². The summed E-state index contributed by atoms with van der Waals surface area (Å²) in [5.41, 5.74) is -0.540. The van der Waals surface area contributed by atoms with Gasteiger partial charge in [0.15, 0.2) is 0 Å². The van der Waals surface area contributed by atoms with Gasteiger partial charge in [-0.25, -0.2) is 9.59 Å². The molecule has 0 aromatic rings. The largest absolute Gasteiger partial charge is 0.391 e. The Hall–Kier alpha value is -1.36. The van der Waals surface area contributed by atoms with Crippen molar-refractivity contribution in [3.05, 3.63) is 12.5 Å². The molecule has 0 saturated carbocycles. The van der Waals surface area contributed by atoms with Gasteiger partial charge in [-0.2, -0.15) is 0 Å². The monoisotopic (exact) mass is 228 g/mol. The zero-order valence-electron chi connectivity index (χ0n) is 9.74. The van der Waals surface area contributed by atoms with E-state index in [1.807, 2.05) is 20.8 Å². The van der Waals surface area contributed by atoms with Crippen LogP contribution >= 0.6 is 0 Å². The molecule has 0 radical (unpaired) electrons. The number of esters is 2. The first-order chi connectivity index (χ1) is 7.41. The van der Waals surface area contributed by atoms with E-state index in [9.17, 15) is 9.59 Å². The molecule has 1 rings (SSSR count). The van der Waals surface area contributed by atoms with Crippen LogP contribution in [0.5, 0.6) is 0 Å². The van der Waals surface area contributed by atoms with E-state index in [0.717, 1.165) is 0 Å². The summed E-state index contributed by atoms with van der Waals surface area (Å²) in [4.78, 5) is 22.8. The topological polar surface area (TPSA) is 61.8 Å². The van der Waals surface area contributed by atoms with Gasteiger partial charge in [0, 0.05) is 0 Å². The van der Waals surface area contributed by atoms with Crippen LogP contribution in [0.25, 0.3) is 0 Å². The second-order valence-corrected chi connectivity index (χ2v) is 3.87. The maximum Gasteiger partial charge on any atom is 0.354 e. The summed E-state index contributed by atoms with van der Waals surface area (Å²) in [7, 11) is 0. The second-order valence-electron chi connectivity index (χ2n) is 3.87. The fourth-order valence-electron chi connectivity index (χ4n) is 1.25. The zero-order valence-corrected chi connectivity index (χ0v) is 9.74. The molecule has 0 atom stereocenters. The molecule has 0 N–H and O–H groups in total. The number of hydrogen-bond acceptors (Lipinski definition) is 5. The molecular formula is C11H16O5. The standard InChI is InChI=1S/C11H16O5/c1-5-11(4,6-2)16-8-9(12)14-7(3)15-10(8)13/h8H,3,5-6H2,1-2,4H3. The molecule has 0 bridgehead atoms. The van der Waals surface area contributed by atoms with E-state index in [4.69, 9.17) is 4.74 Å². The minimum atomic E-state index is -1.31. The van der Waals surface area contributed by atoms with Crippen molar-refractivity contribution in [2.75, 3.05) is 0 Å². The molecule has 0 aromatic heterocycles. The molecule has 0 amide bonds. The molecule has 0 aliphatic carbocycles. The van der Waals surface area contributed by atoms with Crippen molar-refractivity contribution in [1.29, 1.82) is 0 Å². The third-order valence-electron chi connectivity index (χ3n) is 2.76. The highest BCUT2D eigenvalue weighted by molar-refractivity contribution is 6.00. The van der Waals surface area contributed by atoms with Gasteiger partial charge in [-0.1, -0.05) is 13.8 Å². The third-order valence-corrected chi connectivity index (χ3v) is 2.76. The Labute approximate surface area is 94.4 Å². The lowest BCUT2D eigenvalue weighted by molar-refractivity contribution is -0.199. The number of ether oxygens (including phenoxy) is 3. The first kappa shape index (κ1) is 12.7. The molecule has 16 heavy (non-hydrogen) atoms. The number of cyclic esters (lactones) is 2. The minimum Gasteiger partial charge on any atom is -0.391 e. The highest BCUT2D eigenvalue weighted by atomic mass is 16.7. The summed E-state index contributed by atoms with van der Waals surface area (Å²) < 4.78 is 14.7. The molecule has 0 spiro atoms. The maximum atomic E-state index is 11.4. The van der Waals surface area contributed by atoms with Gasteiger partial charge < -0.3 is 14.2 Å². The Kier molecular flexibility index (Phi) is 3.70. The van der Waals surface area contributed by atoms with Crippen LogP contribution in [-0.4, -0.2) is 23.6 Å². The lowest BCUT2D eigenvalue weighted by Gasteiger charge is -2.31. The number of carbonyl (C=O) groups is 2. The van der Waals surface area contributed by atoms with Gasteiger partial charge in [0.1, 0.15) is 0 Å². The zero-order chi connectivity index (χ0) is 12.3. The molecule has 1 aliphatic heterocycles. The van der Waals surface area contributed by atoms with Crippen LogP contribution in [0.1, 0.15) is 33.6 Å². The summed E-state index contributed by atoms with van der Waals surface area (Å²) in [5.74, 6) is -1.84. The van der Waals surface area contributed by atoms with E-state index in [2.05, 4.69) is 16.1 Å². The molecule has 1 fully saturated rings. The highest BCUT2D eigenvalue weighted by Crippen LogP contribution is 2.24. The van der Waals surface area contributed by atoms with E-state index in [1.54, 1.807) is 0 Å². The summed E-state index contributed by atoms with van der Waals surface area (Å²) in [6, 6.07) is 0. The van der Waals surface area contributed by atoms with Gasteiger partial charge in [-0.3, -0.25) is 0 Å².